The zero-order valence-corrected chi connectivity index (χ0v) is 25.6. The summed E-state index contributed by atoms with van der Waals surface area (Å²) in [4.78, 5) is 28.0. The predicted octanol–water partition coefficient (Wildman–Crippen LogP) is 5.89. The number of nitrogens with one attached hydrogen (secondary N) is 1. The van der Waals surface area contributed by atoms with Crippen molar-refractivity contribution in [2.24, 2.45) is 0 Å². The zero-order valence-electron chi connectivity index (χ0n) is 24.1. The first-order valence-electron chi connectivity index (χ1n) is 13.4. The Morgan fingerprint density at radius 1 is 1.00 bits per heavy atom. The lowest BCUT2D eigenvalue weighted by Gasteiger charge is -2.32. The molecule has 13 heteroatoms. The molecule has 0 unspecified atom stereocenters. The summed E-state index contributed by atoms with van der Waals surface area (Å²) in [7, 11) is -3.09. The van der Waals surface area contributed by atoms with E-state index in [0.717, 1.165) is 12.1 Å². The van der Waals surface area contributed by atoms with Gasteiger partial charge in [-0.2, -0.15) is 13.2 Å². The minimum atomic E-state index is -4.89. The van der Waals surface area contributed by atoms with Gasteiger partial charge in [0.1, 0.15) is 18.3 Å². The highest BCUT2D eigenvalue weighted by molar-refractivity contribution is 7.92. The molecule has 2 atom stereocenters. The fraction of sp³-hybridized carbons (Fsp3) is 0.333. The Hall–Kier alpha value is -3.77. The van der Waals surface area contributed by atoms with Gasteiger partial charge in [-0.15, -0.1) is 0 Å². The molecule has 0 aliphatic heterocycles. The van der Waals surface area contributed by atoms with E-state index < -0.39 is 56.9 Å². The van der Waals surface area contributed by atoms with E-state index in [4.69, 9.17) is 16.3 Å². The molecule has 8 nitrogen and oxygen atoms in total. The molecular formula is C30H33ClF3N3O5S. The van der Waals surface area contributed by atoms with Gasteiger partial charge in [0, 0.05) is 12.6 Å². The SMILES string of the molecule is CC[C@@H](C)NC(=O)[C@H](C)N(Cc1cccc(OC)c1)C(=O)CN(c1ccc(Cl)c(C(F)(F)F)c1)S(=O)(=O)c1ccccc1. The molecular weight excluding hydrogens is 607 g/mol. The Bertz CT molecular complexity index is 1540. The summed E-state index contributed by atoms with van der Waals surface area (Å²) in [5.41, 5.74) is -1.10. The van der Waals surface area contributed by atoms with E-state index in [2.05, 4.69) is 5.32 Å². The van der Waals surface area contributed by atoms with E-state index in [1.54, 1.807) is 37.3 Å². The Morgan fingerprint density at radius 2 is 1.67 bits per heavy atom. The van der Waals surface area contributed by atoms with E-state index in [1.165, 1.54) is 43.2 Å². The molecule has 0 heterocycles. The molecule has 0 bridgehead atoms. The number of alkyl halides is 3. The van der Waals surface area contributed by atoms with Crippen LogP contribution in [0.2, 0.25) is 5.02 Å². The second-order valence-corrected chi connectivity index (χ2v) is 12.1. The van der Waals surface area contributed by atoms with Gasteiger partial charge in [-0.1, -0.05) is 48.9 Å². The largest absolute Gasteiger partial charge is 0.497 e. The summed E-state index contributed by atoms with van der Waals surface area (Å²) in [6.45, 7) is 4.16. The van der Waals surface area contributed by atoms with Crippen molar-refractivity contribution < 1.29 is 35.9 Å². The molecule has 0 saturated carbocycles. The number of amides is 2. The van der Waals surface area contributed by atoms with Gasteiger partial charge in [0.15, 0.2) is 0 Å². The van der Waals surface area contributed by atoms with Crippen LogP contribution >= 0.6 is 11.6 Å². The van der Waals surface area contributed by atoms with Gasteiger partial charge in [0.05, 0.1) is 28.3 Å². The van der Waals surface area contributed by atoms with Crippen molar-refractivity contribution in [3.05, 3.63) is 88.9 Å². The number of rotatable bonds is 12. The van der Waals surface area contributed by atoms with E-state index in [9.17, 15) is 31.2 Å². The quantitative estimate of drug-likeness (QED) is 0.267. The molecule has 0 spiro atoms. The fourth-order valence-corrected chi connectivity index (χ4v) is 5.80. The lowest BCUT2D eigenvalue weighted by molar-refractivity contribution is -0.139. The normalized spacial score (nSPS) is 13.1. The second kappa shape index (κ2) is 14.1. The zero-order chi connectivity index (χ0) is 31.9. The third-order valence-corrected chi connectivity index (χ3v) is 8.93. The maximum atomic E-state index is 14.0. The first-order valence-corrected chi connectivity index (χ1v) is 15.2. The van der Waals surface area contributed by atoms with Crippen molar-refractivity contribution in [3.63, 3.8) is 0 Å². The lowest BCUT2D eigenvalue weighted by atomic mass is 10.1. The number of hydrogen-bond acceptors (Lipinski definition) is 5. The molecule has 0 saturated heterocycles. The Balaban J connectivity index is 2.11. The smallest absolute Gasteiger partial charge is 0.417 e. The van der Waals surface area contributed by atoms with Crippen molar-refractivity contribution >= 4 is 39.1 Å². The molecule has 0 aromatic heterocycles. The van der Waals surface area contributed by atoms with Gasteiger partial charge in [0.25, 0.3) is 10.0 Å². The number of ether oxygens (including phenoxy) is 1. The van der Waals surface area contributed by atoms with Crippen molar-refractivity contribution in [1.29, 1.82) is 0 Å². The lowest BCUT2D eigenvalue weighted by Crippen LogP contribution is -2.52. The monoisotopic (exact) mass is 639 g/mol. The molecule has 1 N–H and O–H groups in total. The summed E-state index contributed by atoms with van der Waals surface area (Å²) in [5.74, 6) is -0.803. The van der Waals surface area contributed by atoms with Crippen molar-refractivity contribution in [1.82, 2.24) is 10.2 Å². The molecule has 0 fully saturated rings. The van der Waals surface area contributed by atoms with Crippen LogP contribution in [0.15, 0.2) is 77.7 Å². The minimum Gasteiger partial charge on any atom is -0.497 e. The van der Waals surface area contributed by atoms with E-state index in [-0.39, 0.29) is 17.5 Å². The Morgan fingerprint density at radius 3 is 2.28 bits per heavy atom. The molecule has 232 valence electrons. The number of halogens is 4. The molecule has 3 aromatic rings. The molecule has 43 heavy (non-hydrogen) atoms. The van der Waals surface area contributed by atoms with Crippen LogP contribution in [0, 0.1) is 0 Å². The number of hydrogen-bond donors (Lipinski definition) is 1. The first kappa shape index (κ1) is 33.7. The van der Waals surface area contributed by atoms with Crippen LogP contribution in [0.4, 0.5) is 18.9 Å². The summed E-state index contributed by atoms with van der Waals surface area (Å²) in [6.07, 6.45) is -4.26. The Labute approximate surface area is 254 Å². The number of methoxy groups -OCH3 is 1. The van der Waals surface area contributed by atoms with E-state index in [1.807, 2.05) is 6.92 Å². The van der Waals surface area contributed by atoms with Gasteiger partial charge in [-0.05, 0) is 68.3 Å². The van der Waals surface area contributed by atoms with Crippen LogP contribution in [0.25, 0.3) is 0 Å². The molecule has 3 aromatic carbocycles. The van der Waals surface area contributed by atoms with Crippen LogP contribution in [-0.4, -0.2) is 50.9 Å². The second-order valence-electron chi connectivity index (χ2n) is 9.85. The molecule has 0 radical (unpaired) electrons. The van der Waals surface area contributed by atoms with Crippen LogP contribution in [-0.2, 0) is 32.3 Å². The number of carbonyl (C=O) groups is 2. The van der Waals surface area contributed by atoms with Crippen LogP contribution < -0.4 is 14.4 Å². The van der Waals surface area contributed by atoms with Gasteiger partial charge in [-0.3, -0.25) is 13.9 Å². The summed E-state index contributed by atoms with van der Waals surface area (Å²) in [5, 5.41) is 2.19. The van der Waals surface area contributed by atoms with E-state index >= 15 is 0 Å². The Kier molecular flexibility index (Phi) is 11.1. The minimum absolute atomic E-state index is 0.112. The molecule has 0 aliphatic rings. The molecule has 3 rings (SSSR count). The highest BCUT2D eigenvalue weighted by Gasteiger charge is 2.37. The highest BCUT2D eigenvalue weighted by Crippen LogP contribution is 2.38. The topological polar surface area (TPSA) is 96.0 Å². The van der Waals surface area contributed by atoms with Gasteiger partial charge in [-0.25, -0.2) is 8.42 Å². The van der Waals surface area contributed by atoms with Gasteiger partial charge >= 0.3 is 6.18 Å². The number of sulfonamides is 1. The van der Waals surface area contributed by atoms with Crippen molar-refractivity contribution in [3.8, 4) is 5.75 Å². The maximum absolute atomic E-state index is 14.0. The standard InChI is InChI=1S/C30H33ClF3N3O5S/c1-5-20(2)35-29(39)21(3)36(18-22-10-9-11-24(16-22)42-4)28(38)19-37(43(40,41)25-12-7-6-8-13-25)23-14-15-27(31)26(17-23)30(32,33)34/h6-17,20-21H,5,18-19H2,1-4H3,(H,35,39)/t20-,21+/m1/s1. The average molecular weight is 640 g/mol. The summed E-state index contributed by atoms with van der Waals surface area (Å²) < 4.78 is 74.7. The third kappa shape index (κ3) is 8.41. The van der Waals surface area contributed by atoms with Gasteiger partial charge in [0.2, 0.25) is 11.8 Å². The predicted molar refractivity (Wildman–Crippen MR) is 158 cm³/mol. The first-order chi connectivity index (χ1) is 20.2. The van der Waals surface area contributed by atoms with Crippen LogP contribution in [0.5, 0.6) is 5.75 Å². The van der Waals surface area contributed by atoms with Crippen LogP contribution in [0.3, 0.4) is 0 Å². The summed E-state index contributed by atoms with van der Waals surface area (Å²) >= 11 is 5.80. The number of benzene rings is 3. The number of anilines is 1. The van der Waals surface area contributed by atoms with Crippen LogP contribution in [0.1, 0.15) is 38.3 Å². The van der Waals surface area contributed by atoms with Crippen molar-refractivity contribution in [2.75, 3.05) is 18.0 Å². The summed E-state index contributed by atoms with van der Waals surface area (Å²) in [6, 6.07) is 15.1. The fourth-order valence-electron chi connectivity index (χ4n) is 4.15. The number of nitrogens with zero attached hydrogens (tertiary/aromatic N) is 2. The highest BCUT2D eigenvalue weighted by atomic mass is 35.5. The maximum Gasteiger partial charge on any atom is 0.417 e. The average Bonchev–Trinajstić information content (AvgIpc) is 2.98. The third-order valence-electron chi connectivity index (χ3n) is 6.81. The van der Waals surface area contributed by atoms with Crippen molar-refractivity contribution in [2.45, 2.75) is 56.9 Å². The molecule has 0 aliphatic carbocycles. The van der Waals surface area contributed by atoms with Gasteiger partial charge < -0.3 is 15.0 Å². The molecule has 2 amide bonds. The van der Waals surface area contributed by atoms with E-state index in [0.29, 0.717) is 28.1 Å². The number of carbonyl (C=O) groups excluding carboxylic acids is 2.